The largest absolute Gasteiger partial charge is 0.346 e. The average molecular weight is 307 g/mol. The smallest absolute Gasteiger partial charge is 0.326 e. The summed E-state index contributed by atoms with van der Waals surface area (Å²) in [6.07, 6.45) is 2.00. The monoisotopic (exact) mass is 307 g/mol. The maximum atomic E-state index is 12.7. The summed E-state index contributed by atoms with van der Waals surface area (Å²) in [4.78, 5) is 14.4. The Morgan fingerprint density at radius 1 is 1.04 bits per heavy atom. The molecule has 0 fully saturated rings. The second kappa shape index (κ2) is 6.57. The maximum Gasteiger partial charge on any atom is 0.326 e. The van der Waals surface area contributed by atoms with Gasteiger partial charge in [-0.25, -0.2) is 4.79 Å². The molecule has 0 radical (unpaired) electrons. The van der Waals surface area contributed by atoms with Crippen LogP contribution in [-0.2, 0) is 6.54 Å². The Bertz CT molecular complexity index is 808. The van der Waals surface area contributed by atoms with Crippen LogP contribution >= 0.6 is 0 Å². The lowest BCUT2D eigenvalue weighted by atomic mass is 10.2. The highest BCUT2D eigenvalue weighted by molar-refractivity contribution is 6.07. The summed E-state index contributed by atoms with van der Waals surface area (Å²) in [5.41, 5.74) is 2.88. The van der Waals surface area contributed by atoms with Gasteiger partial charge in [-0.15, -0.1) is 0 Å². The van der Waals surface area contributed by atoms with E-state index in [0.717, 1.165) is 28.8 Å². The number of nitrogens with one attached hydrogen (secondary N) is 1. The van der Waals surface area contributed by atoms with Crippen LogP contribution in [0, 0.1) is 0 Å². The summed E-state index contributed by atoms with van der Waals surface area (Å²) in [7, 11) is 0. The highest BCUT2D eigenvalue weighted by atomic mass is 16.2. The van der Waals surface area contributed by atoms with Crippen molar-refractivity contribution in [3.8, 4) is 0 Å². The Balaban J connectivity index is 1.91. The lowest BCUT2D eigenvalue weighted by Gasteiger charge is -2.21. The topological polar surface area (TPSA) is 37.3 Å². The van der Waals surface area contributed by atoms with Crippen molar-refractivity contribution in [2.24, 2.45) is 0 Å². The molecule has 1 N–H and O–H groups in total. The number of aromatic nitrogens is 1. The molecule has 2 amide bonds. The van der Waals surface area contributed by atoms with Gasteiger partial charge in [0.25, 0.3) is 0 Å². The molecule has 0 saturated heterocycles. The predicted molar refractivity (Wildman–Crippen MR) is 96.1 cm³/mol. The zero-order valence-electron chi connectivity index (χ0n) is 13.5. The third-order valence-electron chi connectivity index (χ3n) is 4.00. The average Bonchev–Trinajstić information content (AvgIpc) is 2.94. The number of hydrogen-bond acceptors (Lipinski definition) is 1. The van der Waals surface area contributed by atoms with Crippen molar-refractivity contribution in [3.63, 3.8) is 0 Å². The molecule has 0 atom stereocenters. The van der Waals surface area contributed by atoms with E-state index in [2.05, 4.69) is 22.9 Å². The zero-order valence-corrected chi connectivity index (χ0v) is 13.5. The van der Waals surface area contributed by atoms with Gasteiger partial charge in [0, 0.05) is 30.4 Å². The van der Waals surface area contributed by atoms with Gasteiger partial charge in [-0.2, -0.15) is 0 Å². The van der Waals surface area contributed by atoms with Gasteiger partial charge in [-0.3, -0.25) is 4.90 Å². The molecule has 0 aliphatic rings. The van der Waals surface area contributed by atoms with Crippen molar-refractivity contribution in [2.75, 3.05) is 16.8 Å². The molecule has 1 heterocycles. The number of amides is 2. The minimum Gasteiger partial charge on any atom is -0.346 e. The van der Waals surface area contributed by atoms with Gasteiger partial charge >= 0.3 is 6.03 Å². The van der Waals surface area contributed by atoms with Crippen LogP contribution in [0.2, 0.25) is 0 Å². The molecule has 4 heteroatoms. The quantitative estimate of drug-likeness (QED) is 0.744. The molecule has 4 nitrogen and oxygen atoms in total. The Kier molecular flexibility index (Phi) is 4.33. The number of para-hydroxylation sites is 2. The van der Waals surface area contributed by atoms with Crippen molar-refractivity contribution in [1.82, 2.24) is 4.57 Å². The van der Waals surface area contributed by atoms with E-state index in [1.54, 1.807) is 4.90 Å². The Morgan fingerprint density at radius 3 is 2.43 bits per heavy atom. The molecule has 23 heavy (non-hydrogen) atoms. The lowest BCUT2D eigenvalue weighted by Crippen LogP contribution is -2.34. The minimum absolute atomic E-state index is 0.113. The van der Waals surface area contributed by atoms with Crippen LogP contribution in [0.5, 0.6) is 0 Å². The van der Waals surface area contributed by atoms with Crippen LogP contribution in [0.3, 0.4) is 0 Å². The van der Waals surface area contributed by atoms with Crippen LogP contribution in [0.25, 0.3) is 10.9 Å². The number of carbonyl (C=O) groups excluding carboxylic acids is 1. The number of nitrogens with zero attached hydrogens (tertiary/aromatic N) is 2. The van der Waals surface area contributed by atoms with Crippen LogP contribution in [0.1, 0.15) is 13.8 Å². The van der Waals surface area contributed by atoms with E-state index < -0.39 is 0 Å². The number of benzene rings is 2. The molecule has 2 aromatic carbocycles. The van der Waals surface area contributed by atoms with Crippen LogP contribution in [0.15, 0.2) is 60.8 Å². The number of anilines is 2. The van der Waals surface area contributed by atoms with Crippen LogP contribution in [-0.4, -0.2) is 17.1 Å². The summed E-state index contributed by atoms with van der Waals surface area (Å²) < 4.78 is 2.14. The van der Waals surface area contributed by atoms with Crippen molar-refractivity contribution < 1.29 is 4.79 Å². The van der Waals surface area contributed by atoms with Crippen molar-refractivity contribution in [3.05, 3.63) is 60.8 Å². The number of hydrogen-bond donors (Lipinski definition) is 1. The van der Waals surface area contributed by atoms with Gasteiger partial charge < -0.3 is 9.88 Å². The van der Waals surface area contributed by atoms with Gasteiger partial charge in [0.15, 0.2) is 0 Å². The molecule has 0 bridgehead atoms. The number of carbonyl (C=O) groups is 1. The molecule has 118 valence electrons. The van der Waals surface area contributed by atoms with Crippen molar-refractivity contribution in [2.45, 2.75) is 20.4 Å². The summed E-state index contributed by atoms with van der Waals surface area (Å²) in [5, 5.41) is 4.12. The SMILES string of the molecule is CCN(C(=O)Nc1cn(CC)c2ccccc12)c1ccccc1. The second-order valence-corrected chi connectivity index (χ2v) is 5.36. The first-order valence-corrected chi connectivity index (χ1v) is 7.96. The van der Waals surface area contributed by atoms with E-state index in [0.29, 0.717) is 6.54 Å². The number of rotatable bonds is 4. The summed E-state index contributed by atoms with van der Waals surface area (Å²) >= 11 is 0. The van der Waals surface area contributed by atoms with E-state index in [-0.39, 0.29) is 6.03 Å². The zero-order chi connectivity index (χ0) is 16.2. The summed E-state index contributed by atoms with van der Waals surface area (Å²) in [6, 6.07) is 17.7. The first-order valence-electron chi connectivity index (χ1n) is 7.96. The van der Waals surface area contributed by atoms with Crippen LogP contribution < -0.4 is 10.2 Å². The van der Waals surface area contributed by atoms with E-state index in [1.165, 1.54) is 0 Å². The van der Waals surface area contributed by atoms with Crippen molar-refractivity contribution in [1.29, 1.82) is 0 Å². The molecule has 3 aromatic rings. The van der Waals surface area contributed by atoms with Gasteiger partial charge in [-0.05, 0) is 32.0 Å². The third kappa shape index (κ3) is 2.93. The predicted octanol–water partition coefficient (Wildman–Crippen LogP) is 4.72. The van der Waals surface area contributed by atoms with Crippen molar-refractivity contribution >= 4 is 28.3 Å². The van der Waals surface area contributed by atoms with E-state index in [9.17, 15) is 4.79 Å². The molecule has 3 rings (SSSR count). The first-order chi connectivity index (χ1) is 11.2. The molecule has 1 aromatic heterocycles. The molecule has 0 aliphatic heterocycles. The molecule has 0 spiro atoms. The number of urea groups is 1. The molecule has 0 unspecified atom stereocenters. The fourth-order valence-corrected chi connectivity index (χ4v) is 2.84. The molecular formula is C19H21N3O. The fourth-order valence-electron chi connectivity index (χ4n) is 2.84. The maximum absolute atomic E-state index is 12.7. The van der Waals surface area contributed by atoms with Gasteiger partial charge in [0.05, 0.1) is 11.2 Å². The Morgan fingerprint density at radius 2 is 1.74 bits per heavy atom. The highest BCUT2D eigenvalue weighted by Crippen LogP contribution is 2.26. The fraction of sp³-hybridized carbons (Fsp3) is 0.211. The van der Waals surface area contributed by atoms with Gasteiger partial charge in [0.1, 0.15) is 0 Å². The number of fused-ring (bicyclic) bond motifs is 1. The summed E-state index contributed by atoms with van der Waals surface area (Å²) in [6.45, 7) is 5.55. The molecule has 0 aliphatic carbocycles. The Hall–Kier alpha value is -2.75. The summed E-state index contributed by atoms with van der Waals surface area (Å²) in [5.74, 6) is 0. The number of aryl methyl sites for hydroxylation is 1. The lowest BCUT2D eigenvalue weighted by molar-refractivity contribution is 0.257. The van der Waals surface area contributed by atoms with Crippen LogP contribution in [0.4, 0.5) is 16.2 Å². The molecule has 0 saturated carbocycles. The second-order valence-electron chi connectivity index (χ2n) is 5.36. The normalized spacial score (nSPS) is 10.7. The van der Waals surface area contributed by atoms with Gasteiger partial charge in [-0.1, -0.05) is 36.4 Å². The van der Waals surface area contributed by atoms with E-state index in [4.69, 9.17) is 0 Å². The van der Waals surface area contributed by atoms with E-state index >= 15 is 0 Å². The molecular weight excluding hydrogens is 286 g/mol. The standard InChI is InChI=1S/C19H21N3O/c1-3-21-14-17(16-12-8-9-13-18(16)21)20-19(23)22(4-2)15-10-6-5-7-11-15/h5-14H,3-4H2,1-2H3,(H,20,23). The Labute approximate surface area is 136 Å². The van der Waals surface area contributed by atoms with Gasteiger partial charge in [0.2, 0.25) is 0 Å². The third-order valence-corrected chi connectivity index (χ3v) is 4.00. The minimum atomic E-state index is -0.113. The first kappa shape index (κ1) is 15.2. The highest BCUT2D eigenvalue weighted by Gasteiger charge is 2.16. The van der Waals surface area contributed by atoms with E-state index in [1.807, 2.05) is 61.7 Å².